The molecule has 0 atom stereocenters. The van der Waals surface area contributed by atoms with E-state index in [1.54, 1.807) is 48.5 Å². The Labute approximate surface area is 177 Å². The van der Waals surface area contributed by atoms with Gasteiger partial charge < -0.3 is 10.1 Å². The molecule has 0 radical (unpaired) electrons. The number of anilines is 1. The molecule has 0 aromatic heterocycles. The van der Waals surface area contributed by atoms with E-state index in [4.69, 9.17) is 4.74 Å². The van der Waals surface area contributed by atoms with Gasteiger partial charge >= 0.3 is 0 Å². The Kier molecular flexibility index (Phi) is 6.54. The number of sulfonamides is 1. The Hall–Kier alpha value is -3.16. The lowest BCUT2D eigenvalue weighted by molar-refractivity contribution is 0.102. The summed E-state index contributed by atoms with van der Waals surface area (Å²) in [6, 6.07) is 20.7. The maximum atomic E-state index is 12.8. The van der Waals surface area contributed by atoms with Gasteiger partial charge in [0.05, 0.1) is 12.0 Å². The molecule has 1 amide bonds. The Bertz CT molecular complexity index is 1140. The van der Waals surface area contributed by atoms with Crippen molar-refractivity contribution in [2.75, 3.05) is 19.5 Å². The first-order chi connectivity index (χ1) is 14.3. The van der Waals surface area contributed by atoms with Gasteiger partial charge in [0.15, 0.2) is 0 Å². The van der Waals surface area contributed by atoms with E-state index in [0.29, 0.717) is 22.6 Å². The number of nitrogens with one attached hydrogen (secondary N) is 1. The van der Waals surface area contributed by atoms with Crippen LogP contribution in [-0.2, 0) is 16.6 Å². The highest BCUT2D eigenvalue weighted by atomic mass is 32.2. The number of ether oxygens (including phenoxy) is 1. The summed E-state index contributed by atoms with van der Waals surface area (Å²) in [6.07, 6.45) is 0. The molecule has 0 saturated carbocycles. The van der Waals surface area contributed by atoms with E-state index >= 15 is 0 Å². The minimum atomic E-state index is -3.67. The highest BCUT2D eigenvalue weighted by Crippen LogP contribution is 2.25. The highest BCUT2D eigenvalue weighted by molar-refractivity contribution is 7.89. The fourth-order valence-corrected chi connectivity index (χ4v) is 4.24. The third kappa shape index (κ3) is 4.87. The lowest BCUT2D eigenvalue weighted by Gasteiger charge is -2.19. The molecule has 0 fully saturated rings. The summed E-state index contributed by atoms with van der Waals surface area (Å²) in [6.45, 7) is 2.01. The molecule has 30 heavy (non-hydrogen) atoms. The number of rotatable bonds is 7. The molecule has 1 N–H and O–H groups in total. The van der Waals surface area contributed by atoms with Crippen molar-refractivity contribution in [2.45, 2.75) is 18.4 Å². The van der Waals surface area contributed by atoms with E-state index < -0.39 is 10.0 Å². The average Bonchev–Trinajstić information content (AvgIpc) is 2.74. The number of carbonyl (C=O) groups is 1. The fraction of sp³-hybridized carbons (Fsp3) is 0.174. The molecule has 0 saturated heterocycles. The molecule has 0 heterocycles. The summed E-state index contributed by atoms with van der Waals surface area (Å²) in [4.78, 5) is 12.9. The zero-order chi connectivity index (χ0) is 21.7. The lowest BCUT2D eigenvalue weighted by Crippen LogP contribution is -2.27. The monoisotopic (exact) mass is 424 g/mol. The Morgan fingerprint density at radius 2 is 1.73 bits per heavy atom. The second-order valence-electron chi connectivity index (χ2n) is 6.92. The number of methoxy groups -OCH3 is 1. The minimum absolute atomic E-state index is 0.0615. The van der Waals surface area contributed by atoms with Crippen molar-refractivity contribution < 1.29 is 17.9 Å². The topological polar surface area (TPSA) is 75.7 Å². The predicted octanol–water partition coefficient (Wildman–Crippen LogP) is 4.08. The number of benzene rings is 3. The number of aryl methyl sites for hydroxylation is 1. The van der Waals surface area contributed by atoms with Crippen LogP contribution in [0.2, 0.25) is 0 Å². The lowest BCUT2D eigenvalue weighted by atomic mass is 10.1. The first kappa shape index (κ1) is 21.5. The van der Waals surface area contributed by atoms with Crippen LogP contribution in [-0.4, -0.2) is 32.8 Å². The van der Waals surface area contributed by atoms with Crippen molar-refractivity contribution in [3.05, 3.63) is 89.5 Å². The molecule has 3 aromatic carbocycles. The van der Waals surface area contributed by atoms with Crippen LogP contribution in [0.25, 0.3) is 0 Å². The summed E-state index contributed by atoms with van der Waals surface area (Å²) < 4.78 is 32.3. The average molecular weight is 425 g/mol. The normalized spacial score (nSPS) is 11.3. The van der Waals surface area contributed by atoms with Gasteiger partial charge in [-0.3, -0.25) is 4.79 Å². The molecule has 3 aromatic rings. The summed E-state index contributed by atoms with van der Waals surface area (Å²) in [5.74, 6) is 0.232. The maximum Gasteiger partial charge on any atom is 0.255 e. The zero-order valence-corrected chi connectivity index (χ0v) is 17.9. The summed E-state index contributed by atoms with van der Waals surface area (Å²) in [5.41, 5.74) is 2.74. The van der Waals surface area contributed by atoms with E-state index in [1.807, 2.05) is 31.2 Å². The quantitative estimate of drug-likeness (QED) is 0.620. The van der Waals surface area contributed by atoms with Crippen molar-refractivity contribution in [2.24, 2.45) is 0 Å². The van der Waals surface area contributed by atoms with Crippen LogP contribution in [0.4, 0.5) is 5.69 Å². The minimum Gasteiger partial charge on any atom is -0.496 e. The molecule has 156 valence electrons. The second kappa shape index (κ2) is 9.11. The number of carbonyl (C=O) groups excluding carboxylic acids is 1. The SMILES string of the molecule is COc1ccc(C(=O)Nc2cccc(C)c2)cc1CN(C)S(=O)(=O)c1ccccc1. The van der Waals surface area contributed by atoms with Crippen LogP contribution in [0.1, 0.15) is 21.5 Å². The molecule has 0 aliphatic carbocycles. The van der Waals surface area contributed by atoms with E-state index in [0.717, 1.165) is 5.56 Å². The summed E-state index contributed by atoms with van der Waals surface area (Å²) in [7, 11) is -0.659. The third-order valence-corrected chi connectivity index (χ3v) is 6.48. The molecule has 0 unspecified atom stereocenters. The van der Waals surface area contributed by atoms with Gasteiger partial charge in [0.25, 0.3) is 5.91 Å². The van der Waals surface area contributed by atoms with Gasteiger partial charge in [0.1, 0.15) is 5.75 Å². The van der Waals surface area contributed by atoms with Crippen LogP contribution in [0, 0.1) is 6.92 Å². The van der Waals surface area contributed by atoms with Crippen LogP contribution in [0.3, 0.4) is 0 Å². The molecule has 7 heteroatoms. The summed E-state index contributed by atoms with van der Waals surface area (Å²) >= 11 is 0. The molecule has 6 nitrogen and oxygen atoms in total. The fourth-order valence-electron chi connectivity index (χ4n) is 3.07. The van der Waals surface area contributed by atoms with Gasteiger partial charge in [-0.15, -0.1) is 0 Å². The number of hydrogen-bond donors (Lipinski definition) is 1. The molecule has 3 rings (SSSR count). The van der Waals surface area contributed by atoms with Crippen molar-refractivity contribution >= 4 is 21.6 Å². The van der Waals surface area contributed by atoms with Gasteiger partial charge in [-0.25, -0.2) is 8.42 Å². The Morgan fingerprint density at radius 3 is 2.40 bits per heavy atom. The number of hydrogen-bond acceptors (Lipinski definition) is 4. The Balaban J connectivity index is 1.85. The first-order valence-electron chi connectivity index (χ1n) is 9.37. The van der Waals surface area contributed by atoms with E-state index in [-0.39, 0.29) is 17.3 Å². The van der Waals surface area contributed by atoms with Gasteiger partial charge in [0.2, 0.25) is 10.0 Å². The van der Waals surface area contributed by atoms with Crippen molar-refractivity contribution in [1.29, 1.82) is 0 Å². The first-order valence-corrected chi connectivity index (χ1v) is 10.8. The van der Waals surface area contributed by atoms with Crippen LogP contribution >= 0.6 is 0 Å². The molecular weight excluding hydrogens is 400 g/mol. The van der Waals surface area contributed by atoms with Crippen molar-refractivity contribution in [3.8, 4) is 5.75 Å². The highest BCUT2D eigenvalue weighted by Gasteiger charge is 2.22. The molecule has 0 aliphatic rings. The zero-order valence-electron chi connectivity index (χ0n) is 17.1. The third-order valence-electron chi connectivity index (χ3n) is 4.66. The number of nitrogens with zero attached hydrogens (tertiary/aromatic N) is 1. The molecule has 0 aliphatic heterocycles. The van der Waals surface area contributed by atoms with E-state index in [1.165, 1.54) is 18.5 Å². The van der Waals surface area contributed by atoms with Gasteiger partial charge in [0, 0.05) is 30.4 Å². The standard InChI is InChI=1S/C23H24N2O4S/c1-17-8-7-9-20(14-17)24-23(26)18-12-13-22(29-3)19(15-18)16-25(2)30(27,28)21-10-5-4-6-11-21/h4-15H,16H2,1-3H3,(H,24,26). The largest absolute Gasteiger partial charge is 0.496 e. The van der Waals surface area contributed by atoms with E-state index in [9.17, 15) is 13.2 Å². The molecular formula is C23H24N2O4S. The number of amides is 1. The molecule has 0 spiro atoms. The van der Waals surface area contributed by atoms with Crippen LogP contribution in [0.15, 0.2) is 77.7 Å². The van der Waals surface area contributed by atoms with Gasteiger partial charge in [-0.05, 0) is 55.0 Å². The summed E-state index contributed by atoms with van der Waals surface area (Å²) in [5, 5.41) is 2.86. The Morgan fingerprint density at radius 1 is 1.00 bits per heavy atom. The van der Waals surface area contributed by atoms with Crippen molar-refractivity contribution in [3.63, 3.8) is 0 Å². The van der Waals surface area contributed by atoms with Crippen molar-refractivity contribution in [1.82, 2.24) is 4.31 Å². The van der Waals surface area contributed by atoms with Gasteiger partial charge in [-0.2, -0.15) is 4.31 Å². The second-order valence-corrected chi connectivity index (χ2v) is 8.97. The van der Waals surface area contributed by atoms with Gasteiger partial charge in [-0.1, -0.05) is 30.3 Å². The van der Waals surface area contributed by atoms with E-state index in [2.05, 4.69) is 5.32 Å². The van der Waals surface area contributed by atoms with Crippen LogP contribution in [0.5, 0.6) is 5.75 Å². The molecule has 0 bridgehead atoms. The maximum absolute atomic E-state index is 12.8. The predicted molar refractivity (Wildman–Crippen MR) is 117 cm³/mol. The smallest absolute Gasteiger partial charge is 0.255 e. The van der Waals surface area contributed by atoms with Crippen LogP contribution < -0.4 is 10.1 Å².